The summed E-state index contributed by atoms with van der Waals surface area (Å²) >= 11 is 7.89. The number of nitroso groups, excluding NO2 is 1. The molecule has 2 heterocycles. The van der Waals surface area contributed by atoms with Crippen LogP contribution in [0.25, 0.3) is 21.4 Å². The third-order valence-corrected chi connectivity index (χ3v) is 6.52. The highest BCUT2D eigenvalue weighted by Crippen LogP contribution is 2.37. The van der Waals surface area contributed by atoms with E-state index < -0.39 is 5.63 Å². The van der Waals surface area contributed by atoms with Crippen molar-refractivity contribution in [3.63, 3.8) is 0 Å². The van der Waals surface area contributed by atoms with Gasteiger partial charge in [-0.1, -0.05) is 23.7 Å². The van der Waals surface area contributed by atoms with E-state index in [2.05, 4.69) is 5.18 Å². The van der Waals surface area contributed by atoms with Crippen LogP contribution >= 0.6 is 22.9 Å². The van der Waals surface area contributed by atoms with Gasteiger partial charge < -0.3 is 4.42 Å². The van der Waals surface area contributed by atoms with Crippen molar-refractivity contribution < 1.29 is 9.21 Å². The van der Waals surface area contributed by atoms with Crippen molar-refractivity contribution >= 4 is 45.4 Å². The number of nitrogens with zero attached hydrogens (tertiary/aromatic N) is 1. The number of rotatable bonds is 5. The molecule has 0 unspecified atom stereocenters. The molecule has 150 valence electrons. The summed E-state index contributed by atoms with van der Waals surface area (Å²) in [6.07, 6.45) is 0.319. The maximum absolute atomic E-state index is 12.7. The second-order valence-electron chi connectivity index (χ2n) is 6.98. The lowest BCUT2D eigenvalue weighted by Crippen LogP contribution is -2.11. The molecular formula is C23H16ClNO4S. The van der Waals surface area contributed by atoms with Crippen molar-refractivity contribution in [3.8, 4) is 10.4 Å². The molecule has 0 fully saturated rings. The Hall–Kier alpha value is -3.09. The molecule has 0 atom stereocenters. The van der Waals surface area contributed by atoms with Crippen molar-refractivity contribution in [2.24, 2.45) is 5.18 Å². The predicted molar refractivity (Wildman–Crippen MR) is 120 cm³/mol. The van der Waals surface area contributed by atoms with E-state index in [1.54, 1.807) is 36.4 Å². The van der Waals surface area contributed by atoms with Gasteiger partial charge in [-0.2, -0.15) is 0 Å². The molecule has 0 saturated carbocycles. The summed E-state index contributed by atoms with van der Waals surface area (Å²) in [5, 5.41) is 4.19. The normalized spacial score (nSPS) is 11.0. The Morgan fingerprint density at radius 1 is 1.17 bits per heavy atom. The standard InChI is InChI=1S/C23H16ClNO4S/c1-12-16-10-19(24)18(22-7-6-21(30-22)13(2)26)11-20(16)29-23(27)17(12)9-14-4-3-5-15(8-14)25-28/h3-8,10-11H,9H2,1-2H3. The van der Waals surface area contributed by atoms with Crippen LogP contribution in [0.1, 0.15) is 33.3 Å². The number of ketones is 1. The van der Waals surface area contributed by atoms with Crippen LogP contribution in [-0.2, 0) is 6.42 Å². The first kappa shape index (κ1) is 20.2. The van der Waals surface area contributed by atoms with E-state index >= 15 is 0 Å². The molecule has 2 aromatic carbocycles. The second-order valence-corrected chi connectivity index (χ2v) is 8.47. The van der Waals surface area contributed by atoms with E-state index in [-0.39, 0.29) is 5.78 Å². The summed E-state index contributed by atoms with van der Waals surface area (Å²) in [5.74, 6) is -0.0102. The van der Waals surface area contributed by atoms with Crippen molar-refractivity contribution in [2.75, 3.05) is 0 Å². The molecule has 0 radical (unpaired) electrons. The van der Waals surface area contributed by atoms with Crippen LogP contribution in [0.15, 0.2) is 62.9 Å². The zero-order valence-corrected chi connectivity index (χ0v) is 17.8. The molecule has 0 aliphatic carbocycles. The third-order valence-electron chi connectivity index (χ3n) is 4.99. The Kier molecular flexibility index (Phi) is 5.37. The van der Waals surface area contributed by atoms with Gasteiger partial charge in [0.2, 0.25) is 0 Å². The van der Waals surface area contributed by atoms with Crippen molar-refractivity contribution in [1.82, 2.24) is 0 Å². The van der Waals surface area contributed by atoms with Crippen molar-refractivity contribution in [3.05, 3.63) is 90.4 Å². The molecule has 0 aliphatic rings. The SMILES string of the molecule is CC(=O)c1ccc(-c2cc3oc(=O)c(Cc4cccc(N=O)c4)c(C)c3cc2Cl)s1. The first-order valence-electron chi connectivity index (χ1n) is 9.16. The van der Waals surface area contributed by atoms with Crippen LogP contribution in [0.3, 0.4) is 0 Å². The number of Topliss-reactive ketones (excluding diaryl/α,β-unsaturated/α-hetero) is 1. The molecular weight excluding hydrogens is 422 g/mol. The zero-order valence-electron chi connectivity index (χ0n) is 16.2. The van der Waals surface area contributed by atoms with Gasteiger partial charge in [0, 0.05) is 27.8 Å². The number of fused-ring (bicyclic) bond motifs is 1. The zero-order chi connectivity index (χ0) is 21.4. The number of benzene rings is 2. The predicted octanol–water partition coefficient (Wildman–Crippen LogP) is 6.67. The monoisotopic (exact) mass is 437 g/mol. The van der Waals surface area contributed by atoms with Gasteiger partial charge in [0.15, 0.2) is 5.78 Å². The molecule has 4 aromatic rings. The second kappa shape index (κ2) is 7.97. The first-order chi connectivity index (χ1) is 14.4. The molecule has 30 heavy (non-hydrogen) atoms. The molecule has 0 aliphatic heterocycles. The van der Waals surface area contributed by atoms with E-state index in [9.17, 15) is 14.5 Å². The first-order valence-corrected chi connectivity index (χ1v) is 10.4. The average molecular weight is 438 g/mol. The number of thiophene rings is 1. The maximum Gasteiger partial charge on any atom is 0.340 e. The molecule has 0 saturated heterocycles. The lowest BCUT2D eigenvalue weighted by molar-refractivity contribution is 0.102. The number of hydrogen-bond acceptors (Lipinski definition) is 6. The number of hydrogen-bond donors (Lipinski definition) is 0. The average Bonchev–Trinajstić information content (AvgIpc) is 3.22. The fourth-order valence-electron chi connectivity index (χ4n) is 3.40. The van der Waals surface area contributed by atoms with Gasteiger partial charge in [-0.15, -0.1) is 16.2 Å². The van der Waals surface area contributed by atoms with Gasteiger partial charge in [0.25, 0.3) is 0 Å². The summed E-state index contributed by atoms with van der Waals surface area (Å²) < 4.78 is 5.61. The highest BCUT2D eigenvalue weighted by molar-refractivity contribution is 7.17. The summed E-state index contributed by atoms with van der Waals surface area (Å²) in [6.45, 7) is 3.37. The van der Waals surface area contributed by atoms with Gasteiger partial charge in [-0.05, 0) is 66.5 Å². The van der Waals surface area contributed by atoms with E-state index in [4.69, 9.17) is 16.0 Å². The van der Waals surface area contributed by atoms with Gasteiger partial charge in [0.1, 0.15) is 11.3 Å². The molecule has 7 heteroatoms. The van der Waals surface area contributed by atoms with Crippen molar-refractivity contribution in [1.29, 1.82) is 0 Å². The van der Waals surface area contributed by atoms with Crippen molar-refractivity contribution in [2.45, 2.75) is 20.3 Å². The van der Waals surface area contributed by atoms with Gasteiger partial charge in [0.05, 0.1) is 9.90 Å². The number of carbonyl (C=O) groups is 1. The molecule has 0 bridgehead atoms. The van der Waals surface area contributed by atoms with Crippen LogP contribution in [0.5, 0.6) is 0 Å². The summed E-state index contributed by atoms with van der Waals surface area (Å²) in [4.78, 5) is 36.6. The van der Waals surface area contributed by atoms with Gasteiger partial charge in [-0.3, -0.25) is 4.79 Å². The van der Waals surface area contributed by atoms with Crippen LogP contribution in [-0.4, -0.2) is 5.78 Å². The fourth-order valence-corrected chi connectivity index (χ4v) is 4.65. The highest BCUT2D eigenvalue weighted by Gasteiger charge is 2.16. The third kappa shape index (κ3) is 3.72. The Morgan fingerprint density at radius 2 is 1.97 bits per heavy atom. The quantitative estimate of drug-likeness (QED) is 0.198. The molecule has 5 nitrogen and oxygen atoms in total. The fraction of sp³-hybridized carbons (Fsp3) is 0.130. The topological polar surface area (TPSA) is 76.7 Å². The van der Waals surface area contributed by atoms with E-state index in [0.717, 1.165) is 21.4 Å². The Balaban J connectivity index is 1.81. The number of aryl methyl sites for hydroxylation is 1. The van der Waals surface area contributed by atoms with Gasteiger partial charge >= 0.3 is 5.63 Å². The van der Waals surface area contributed by atoms with Crippen LogP contribution < -0.4 is 5.63 Å². The lowest BCUT2D eigenvalue weighted by Gasteiger charge is -2.10. The van der Waals surface area contributed by atoms with Gasteiger partial charge in [-0.25, -0.2) is 4.79 Å². The minimum absolute atomic E-state index is 0.0102. The highest BCUT2D eigenvalue weighted by atomic mass is 35.5. The van der Waals surface area contributed by atoms with Crippen LogP contribution in [0.2, 0.25) is 5.02 Å². The Labute approximate surface area is 180 Å². The number of halogens is 1. The minimum atomic E-state index is -0.437. The summed E-state index contributed by atoms with van der Waals surface area (Å²) in [6, 6.07) is 13.9. The molecule has 0 N–H and O–H groups in total. The largest absolute Gasteiger partial charge is 0.422 e. The Morgan fingerprint density at radius 3 is 2.67 bits per heavy atom. The molecule has 2 aromatic heterocycles. The van der Waals surface area contributed by atoms with Crippen LogP contribution in [0.4, 0.5) is 5.69 Å². The Bertz CT molecular complexity index is 1370. The molecule has 0 spiro atoms. The maximum atomic E-state index is 12.7. The smallest absolute Gasteiger partial charge is 0.340 e. The molecule has 0 amide bonds. The minimum Gasteiger partial charge on any atom is -0.422 e. The summed E-state index contributed by atoms with van der Waals surface area (Å²) in [5.41, 5.74) is 3.08. The number of carbonyl (C=O) groups excluding carboxylic acids is 1. The van der Waals surface area contributed by atoms with E-state index in [0.29, 0.717) is 38.7 Å². The summed E-state index contributed by atoms with van der Waals surface area (Å²) in [7, 11) is 0. The lowest BCUT2D eigenvalue weighted by atomic mass is 9.98. The van der Waals surface area contributed by atoms with Crippen LogP contribution in [0, 0.1) is 11.8 Å². The molecule has 4 rings (SSSR count). The van der Waals surface area contributed by atoms with E-state index in [1.807, 2.05) is 19.1 Å². The van der Waals surface area contributed by atoms with E-state index in [1.165, 1.54) is 18.3 Å².